The molecule has 5 atom stereocenters. The van der Waals surface area contributed by atoms with Gasteiger partial charge in [0.2, 0.25) is 5.91 Å². The molecule has 5 aliphatic rings. The lowest BCUT2D eigenvalue weighted by molar-refractivity contribution is -0.126. The molecule has 9 heteroatoms. The van der Waals surface area contributed by atoms with E-state index in [4.69, 9.17) is 9.47 Å². The van der Waals surface area contributed by atoms with Gasteiger partial charge in [-0.05, 0) is 57.3 Å². The first-order chi connectivity index (χ1) is 17.5. The van der Waals surface area contributed by atoms with Crippen molar-refractivity contribution in [3.05, 3.63) is 35.4 Å². The highest BCUT2D eigenvalue weighted by Gasteiger charge is 2.64. The van der Waals surface area contributed by atoms with Gasteiger partial charge < -0.3 is 24.8 Å². The van der Waals surface area contributed by atoms with Crippen LogP contribution in [0.1, 0.15) is 49.7 Å². The molecule has 1 spiro atoms. The summed E-state index contributed by atoms with van der Waals surface area (Å²) in [6.07, 6.45) is 8.52. The average molecular weight is 497 g/mol. The standard InChI is InChI=1S/C27H36N4O5/c1-30-15-11-27-18-8-9-20(32)25(27)36-24-21(10-7-17(23(24)27)16-19(18)30)35-26(34)28-12-5-6-22(33)29-31-13-3-2-4-14-31/h7-10,18-20,25,32H,2-6,11-16H2,1H3,(H,28,34)(H,29,33)/t18?,19?,20-,25-,27-/m0/s1. The zero-order valence-corrected chi connectivity index (χ0v) is 20.9. The van der Waals surface area contributed by atoms with E-state index in [1.54, 1.807) is 0 Å². The molecule has 2 fully saturated rings. The molecular weight excluding hydrogens is 460 g/mol. The number of hydrazine groups is 1. The van der Waals surface area contributed by atoms with Gasteiger partial charge in [0.05, 0.1) is 0 Å². The van der Waals surface area contributed by atoms with Gasteiger partial charge in [0.15, 0.2) is 11.5 Å². The van der Waals surface area contributed by atoms with Crippen molar-refractivity contribution in [1.82, 2.24) is 20.7 Å². The predicted molar refractivity (Wildman–Crippen MR) is 133 cm³/mol. The maximum Gasteiger partial charge on any atom is 0.412 e. The quantitative estimate of drug-likeness (QED) is 0.408. The highest BCUT2D eigenvalue weighted by atomic mass is 16.6. The summed E-state index contributed by atoms with van der Waals surface area (Å²) in [5, 5.41) is 15.6. The van der Waals surface area contributed by atoms with Gasteiger partial charge in [-0.15, -0.1) is 0 Å². The van der Waals surface area contributed by atoms with Crippen molar-refractivity contribution in [2.45, 2.75) is 68.6 Å². The second kappa shape index (κ2) is 9.36. The van der Waals surface area contributed by atoms with Crippen molar-refractivity contribution in [3.8, 4) is 11.5 Å². The molecule has 9 nitrogen and oxygen atoms in total. The molecule has 2 saturated heterocycles. The van der Waals surface area contributed by atoms with Crippen LogP contribution in [0.15, 0.2) is 24.3 Å². The number of hydrogen-bond acceptors (Lipinski definition) is 7. The predicted octanol–water partition coefficient (Wildman–Crippen LogP) is 1.88. The summed E-state index contributed by atoms with van der Waals surface area (Å²) in [6, 6.07) is 4.23. The van der Waals surface area contributed by atoms with Crippen LogP contribution in [0.4, 0.5) is 4.79 Å². The number of hydrogen-bond donors (Lipinski definition) is 3. The smallest absolute Gasteiger partial charge is 0.412 e. The number of piperidine rings is 2. The molecule has 2 amide bonds. The molecule has 0 aromatic heterocycles. The Balaban J connectivity index is 1.10. The molecule has 6 rings (SSSR count). The number of amides is 2. The number of ether oxygens (including phenoxy) is 2. The number of rotatable bonds is 6. The van der Waals surface area contributed by atoms with Gasteiger partial charge in [-0.3, -0.25) is 10.2 Å². The van der Waals surface area contributed by atoms with Crippen LogP contribution >= 0.6 is 0 Å². The first-order valence-corrected chi connectivity index (χ1v) is 13.4. The Labute approximate surface area is 211 Å². The molecule has 2 unspecified atom stereocenters. The Morgan fingerprint density at radius 2 is 2.03 bits per heavy atom. The second-order valence-corrected chi connectivity index (χ2v) is 10.9. The zero-order chi connectivity index (χ0) is 24.9. The van der Waals surface area contributed by atoms with Crippen molar-refractivity contribution in [1.29, 1.82) is 0 Å². The van der Waals surface area contributed by atoms with Crippen molar-refractivity contribution >= 4 is 12.0 Å². The van der Waals surface area contributed by atoms with Crippen LogP contribution in [-0.4, -0.2) is 78.5 Å². The summed E-state index contributed by atoms with van der Waals surface area (Å²) in [5.74, 6) is 1.23. The van der Waals surface area contributed by atoms with Gasteiger partial charge in [0.25, 0.3) is 0 Å². The summed E-state index contributed by atoms with van der Waals surface area (Å²) in [5.41, 5.74) is 4.99. The van der Waals surface area contributed by atoms with Crippen molar-refractivity contribution in [3.63, 3.8) is 0 Å². The van der Waals surface area contributed by atoms with Crippen LogP contribution < -0.4 is 20.2 Å². The van der Waals surface area contributed by atoms with Crippen molar-refractivity contribution < 1.29 is 24.2 Å². The normalized spacial score (nSPS) is 32.4. The Morgan fingerprint density at radius 1 is 1.19 bits per heavy atom. The minimum absolute atomic E-state index is 0.0247. The maximum absolute atomic E-state index is 12.6. The van der Waals surface area contributed by atoms with Gasteiger partial charge in [-0.25, -0.2) is 9.80 Å². The van der Waals surface area contributed by atoms with E-state index >= 15 is 0 Å². The Hall–Kier alpha value is -2.62. The van der Waals surface area contributed by atoms with Crippen molar-refractivity contribution in [2.75, 3.05) is 33.2 Å². The summed E-state index contributed by atoms with van der Waals surface area (Å²) < 4.78 is 12.1. The monoisotopic (exact) mass is 496 g/mol. The number of carbonyl (C=O) groups is 2. The first kappa shape index (κ1) is 23.8. The van der Waals surface area contributed by atoms with E-state index in [1.165, 1.54) is 12.0 Å². The number of benzene rings is 1. The van der Waals surface area contributed by atoms with E-state index in [0.29, 0.717) is 36.9 Å². The SMILES string of the molecule is CN1CC[C@]23c4c5ccc(OC(=O)NCCCC(=O)NN6CCCCC6)c4O[C@H]2[C@@H](O)C=CC3C1C5. The van der Waals surface area contributed by atoms with Gasteiger partial charge in [-0.2, -0.15) is 0 Å². The number of aliphatic hydroxyl groups is 1. The van der Waals surface area contributed by atoms with Crippen molar-refractivity contribution in [2.24, 2.45) is 5.92 Å². The zero-order valence-electron chi connectivity index (χ0n) is 20.9. The minimum Gasteiger partial charge on any atom is -0.482 e. The number of carbonyl (C=O) groups excluding carboxylic acids is 2. The lowest BCUT2D eigenvalue weighted by Crippen LogP contribution is -2.64. The topological polar surface area (TPSA) is 103 Å². The molecule has 1 aromatic rings. The molecule has 0 radical (unpaired) electrons. The van der Waals surface area contributed by atoms with Gasteiger partial charge in [0, 0.05) is 49.0 Å². The van der Waals surface area contributed by atoms with E-state index in [-0.39, 0.29) is 23.3 Å². The van der Waals surface area contributed by atoms with E-state index < -0.39 is 12.2 Å². The highest BCUT2D eigenvalue weighted by Crippen LogP contribution is 2.62. The molecule has 2 aliphatic carbocycles. The molecule has 3 aliphatic heterocycles. The van der Waals surface area contributed by atoms with Crippen LogP contribution in [0.5, 0.6) is 11.5 Å². The average Bonchev–Trinajstić information content (AvgIpc) is 3.23. The van der Waals surface area contributed by atoms with Crippen LogP contribution in [0.3, 0.4) is 0 Å². The van der Waals surface area contributed by atoms with E-state index in [1.807, 2.05) is 23.2 Å². The first-order valence-electron chi connectivity index (χ1n) is 13.4. The summed E-state index contributed by atoms with van der Waals surface area (Å²) in [6.45, 7) is 3.08. The molecule has 3 N–H and O–H groups in total. The summed E-state index contributed by atoms with van der Waals surface area (Å²) in [7, 11) is 2.17. The van der Waals surface area contributed by atoms with Crippen LogP contribution in [-0.2, 0) is 16.6 Å². The highest BCUT2D eigenvalue weighted by molar-refractivity contribution is 5.76. The molecule has 36 heavy (non-hydrogen) atoms. The van der Waals surface area contributed by atoms with Crippen LogP contribution in [0.2, 0.25) is 0 Å². The fourth-order valence-electron chi connectivity index (χ4n) is 7.12. The summed E-state index contributed by atoms with van der Waals surface area (Å²) in [4.78, 5) is 27.2. The second-order valence-electron chi connectivity index (χ2n) is 10.9. The Morgan fingerprint density at radius 3 is 2.86 bits per heavy atom. The van der Waals surface area contributed by atoms with E-state index in [9.17, 15) is 14.7 Å². The lowest BCUT2D eigenvalue weighted by Gasteiger charge is -2.56. The Kier molecular flexibility index (Phi) is 6.17. The molecule has 0 saturated carbocycles. The summed E-state index contributed by atoms with van der Waals surface area (Å²) >= 11 is 0. The third kappa shape index (κ3) is 3.88. The van der Waals surface area contributed by atoms with Crippen LogP contribution in [0.25, 0.3) is 0 Å². The molecule has 1 aromatic carbocycles. The number of nitrogens with one attached hydrogen (secondary N) is 2. The third-order valence-corrected chi connectivity index (χ3v) is 8.83. The van der Waals surface area contributed by atoms with E-state index in [2.05, 4.69) is 28.8 Å². The molecule has 194 valence electrons. The molecule has 3 heterocycles. The third-order valence-electron chi connectivity index (χ3n) is 8.83. The lowest BCUT2D eigenvalue weighted by atomic mass is 9.53. The van der Waals surface area contributed by atoms with E-state index in [0.717, 1.165) is 50.9 Å². The fraction of sp³-hybridized carbons (Fsp3) is 0.630. The number of aliphatic hydroxyl groups excluding tert-OH is 1. The van der Waals surface area contributed by atoms with Gasteiger partial charge in [-0.1, -0.05) is 24.6 Å². The number of nitrogens with zero attached hydrogens (tertiary/aromatic N) is 2. The number of likely N-dealkylation sites (tertiary alicyclic amines) is 1. The minimum atomic E-state index is -0.693. The fourth-order valence-corrected chi connectivity index (χ4v) is 7.12. The van der Waals surface area contributed by atoms with Crippen LogP contribution in [0, 0.1) is 5.92 Å². The number of likely N-dealkylation sites (N-methyl/N-ethyl adjacent to an activating group) is 1. The maximum atomic E-state index is 12.6. The largest absolute Gasteiger partial charge is 0.482 e. The van der Waals surface area contributed by atoms with Gasteiger partial charge in [0.1, 0.15) is 12.2 Å². The molecular formula is C27H36N4O5. The van der Waals surface area contributed by atoms with Gasteiger partial charge >= 0.3 is 6.09 Å². The molecule has 2 bridgehead atoms. The Bertz CT molecular complexity index is 1070.